The van der Waals surface area contributed by atoms with E-state index in [2.05, 4.69) is 5.32 Å². The van der Waals surface area contributed by atoms with Gasteiger partial charge in [0.1, 0.15) is 5.75 Å². The Morgan fingerprint density at radius 2 is 1.94 bits per heavy atom. The fourth-order valence-electron chi connectivity index (χ4n) is 1.38. The van der Waals surface area contributed by atoms with E-state index < -0.39 is 12.0 Å². The first-order chi connectivity index (χ1) is 8.52. The molecular weight excluding hydrogens is 232 g/mol. The Bertz CT molecular complexity index is 415. The van der Waals surface area contributed by atoms with E-state index in [0.717, 1.165) is 5.56 Å². The van der Waals surface area contributed by atoms with Gasteiger partial charge in [-0.2, -0.15) is 0 Å². The molecule has 0 radical (unpaired) electrons. The molecule has 0 aromatic heterocycles. The van der Waals surface area contributed by atoms with E-state index in [9.17, 15) is 9.59 Å². The number of hydrogen-bond acceptors (Lipinski definition) is 3. The van der Waals surface area contributed by atoms with E-state index in [1.807, 2.05) is 12.1 Å². The number of hydrogen-bond donors (Lipinski definition) is 2. The van der Waals surface area contributed by atoms with Gasteiger partial charge in [-0.1, -0.05) is 12.1 Å². The van der Waals surface area contributed by atoms with Gasteiger partial charge < -0.3 is 15.8 Å². The van der Waals surface area contributed by atoms with Crippen molar-refractivity contribution in [1.82, 2.24) is 5.32 Å². The van der Waals surface area contributed by atoms with Crippen molar-refractivity contribution in [1.29, 1.82) is 0 Å². The summed E-state index contributed by atoms with van der Waals surface area (Å²) in [5, 5.41) is 2.57. The van der Waals surface area contributed by atoms with E-state index in [-0.39, 0.29) is 5.91 Å². The zero-order valence-electron chi connectivity index (χ0n) is 10.6. The van der Waals surface area contributed by atoms with Crippen LogP contribution in [0.3, 0.4) is 0 Å². The fourth-order valence-corrected chi connectivity index (χ4v) is 1.38. The molecule has 3 N–H and O–H groups in total. The molecule has 1 rings (SSSR count). The minimum absolute atomic E-state index is 0.0117. The normalized spacial score (nSPS) is 11.7. The van der Waals surface area contributed by atoms with E-state index in [0.29, 0.717) is 18.6 Å². The van der Waals surface area contributed by atoms with Crippen molar-refractivity contribution in [3.05, 3.63) is 29.8 Å². The maximum atomic E-state index is 11.1. The second-order valence-electron chi connectivity index (χ2n) is 3.98. The Balaban J connectivity index is 2.52. The molecule has 18 heavy (non-hydrogen) atoms. The number of carbonyl (C=O) groups excluding carboxylic acids is 2. The zero-order valence-corrected chi connectivity index (χ0v) is 10.6. The minimum Gasteiger partial charge on any atom is -0.481 e. The van der Waals surface area contributed by atoms with Crippen LogP contribution in [0, 0.1) is 0 Å². The molecule has 98 valence electrons. The Labute approximate surface area is 106 Å². The minimum atomic E-state index is -0.651. The highest BCUT2D eigenvalue weighted by Crippen LogP contribution is 2.14. The molecule has 0 heterocycles. The number of amides is 2. The summed E-state index contributed by atoms with van der Waals surface area (Å²) < 4.78 is 5.32. The predicted molar refractivity (Wildman–Crippen MR) is 68.1 cm³/mol. The van der Waals surface area contributed by atoms with E-state index in [1.54, 1.807) is 26.1 Å². The first-order valence-corrected chi connectivity index (χ1v) is 5.78. The second kappa shape index (κ2) is 6.64. The Morgan fingerprint density at radius 3 is 2.44 bits per heavy atom. The van der Waals surface area contributed by atoms with Gasteiger partial charge in [0.15, 0.2) is 6.10 Å². The summed E-state index contributed by atoms with van der Waals surface area (Å²) in [5.74, 6) is 0.0985. The quantitative estimate of drug-likeness (QED) is 0.776. The lowest BCUT2D eigenvalue weighted by molar-refractivity contribution is -0.124. The molecule has 1 aromatic rings. The van der Waals surface area contributed by atoms with Gasteiger partial charge in [0.25, 0.3) is 5.91 Å². The van der Waals surface area contributed by atoms with Crippen molar-refractivity contribution < 1.29 is 14.3 Å². The number of primary amides is 1. The maximum absolute atomic E-state index is 11.1. The topological polar surface area (TPSA) is 81.4 Å². The van der Waals surface area contributed by atoms with Gasteiger partial charge in [0.05, 0.1) is 0 Å². The van der Waals surface area contributed by atoms with Crippen molar-refractivity contribution in [2.75, 3.05) is 7.05 Å². The number of aryl methyl sites for hydroxylation is 1. The van der Waals surface area contributed by atoms with Crippen LogP contribution in [0.4, 0.5) is 0 Å². The van der Waals surface area contributed by atoms with E-state index >= 15 is 0 Å². The monoisotopic (exact) mass is 250 g/mol. The standard InChI is InChI=1S/C13H18N2O3/c1-9(13(14)17)18-11-6-3-10(4-7-11)5-8-12(16)15-2/h3-4,6-7,9H,5,8H2,1-2H3,(H2,14,17)(H,15,16)/t9-/m0/s1. The summed E-state index contributed by atoms with van der Waals surface area (Å²) in [6.45, 7) is 1.60. The molecule has 1 aromatic carbocycles. The number of nitrogens with two attached hydrogens (primary N) is 1. The van der Waals surface area contributed by atoms with E-state index in [1.165, 1.54) is 0 Å². The number of benzene rings is 1. The average molecular weight is 250 g/mol. The molecule has 0 spiro atoms. The van der Waals surface area contributed by atoms with Crippen LogP contribution in [0.25, 0.3) is 0 Å². The van der Waals surface area contributed by atoms with Crippen LogP contribution in [0.2, 0.25) is 0 Å². The molecule has 0 unspecified atom stereocenters. The van der Waals surface area contributed by atoms with Gasteiger partial charge in [-0.15, -0.1) is 0 Å². The Morgan fingerprint density at radius 1 is 1.33 bits per heavy atom. The largest absolute Gasteiger partial charge is 0.481 e. The second-order valence-corrected chi connectivity index (χ2v) is 3.98. The molecule has 0 aliphatic rings. The smallest absolute Gasteiger partial charge is 0.258 e. The molecule has 0 aliphatic heterocycles. The molecule has 0 saturated carbocycles. The lowest BCUT2D eigenvalue weighted by Gasteiger charge is -2.11. The summed E-state index contributed by atoms with van der Waals surface area (Å²) in [4.78, 5) is 21.9. The Hall–Kier alpha value is -2.04. The van der Waals surface area contributed by atoms with Gasteiger partial charge in [-0.25, -0.2) is 0 Å². The van der Waals surface area contributed by atoms with Gasteiger partial charge >= 0.3 is 0 Å². The zero-order chi connectivity index (χ0) is 13.5. The van der Waals surface area contributed by atoms with Crippen molar-refractivity contribution in [2.24, 2.45) is 5.73 Å². The van der Waals surface area contributed by atoms with Crippen LogP contribution in [0.1, 0.15) is 18.9 Å². The highest BCUT2D eigenvalue weighted by atomic mass is 16.5. The molecule has 0 bridgehead atoms. The van der Waals surface area contributed by atoms with Crippen molar-refractivity contribution in [2.45, 2.75) is 25.9 Å². The highest BCUT2D eigenvalue weighted by molar-refractivity contribution is 5.78. The molecule has 5 nitrogen and oxygen atoms in total. The molecule has 2 amide bonds. The van der Waals surface area contributed by atoms with Gasteiger partial charge in [0.2, 0.25) is 5.91 Å². The molecule has 0 saturated heterocycles. The van der Waals surface area contributed by atoms with Gasteiger partial charge in [0, 0.05) is 13.5 Å². The number of nitrogens with one attached hydrogen (secondary N) is 1. The molecular formula is C13H18N2O3. The summed E-state index contributed by atoms with van der Waals surface area (Å²) in [5.41, 5.74) is 6.14. The van der Waals surface area contributed by atoms with E-state index in [4.69, 9.17) is 10.5 Å². The molecule has 0 aliphatic carbocycles. The average Bonchev–Trinajstić information content (AvgIpc) is 2.37. The number of ether oxygens (including phenoxy) is 1. The lowest BCUT2D eigenvalue weighted by atomic mass is 10.1. The highest BCUT2D eigenvalue weighted by Gasteiger charge is 2.09. The van der Waals surface area contributed by atoms with Crippen molar-refractivity contribution in [3.63, 3.8) is 0 Å². The molecule has 0 fully saturated rings. The van der Waals surface area contributed by atoms with Crippen LogP contribution in [-0.2, 0) is 16.0 Å². The van der Waals surface area contributed by atoms with Gasteiger partial charge in [-0.05, 0) is 31.0 Å². The fraction of sp³-hybridized carbons (Fsp3) is 0.385. The summed E-state index contributed by atoms with van der Waals surface area (Å²) >= 11 is 0. The maximum Gasteiger partial charge on any atom is 0.258 e. The number of rotatable bonds is 6. The van der Waals surface area contributed by atoms with Gasteiger partial charge in [-0.3, -0.25) is 9.59 Å². The summed E-state index contributed by atoms with van der Waals surface area (Å²) in [6, 6.07) is 7.26. The Kier molecular flexibility index (Phi) is 5.17. The van der Waals surface area contributed by atoms with Crippen LogP contribution in [0.15, 0.2) is 24.3 Å². The first-order valence-electron chi connectivity index (χ1n) is 5.78. The van der Waals surface area contributed by atoms with Crippen LogP contribution in [0.5, 0.6) is 5.75 Å². The van der Waals surface area contributed by atoms with Crippen molar-refractivity contribution >= 4 is 11.8 Å². The summed E-state index contributed by atoms with van der Waals surface area (Å²) in [6.07, 6.45) is 0.474. The van der Waals surface area contributed by atoms with Crippen LogP contribution < -0.4 is 15.8 Å². The van der Waals surface area contributed by atoms with Crippen LogP contribution >= 0.6 is 0 Å². The number of carbonyl (C=O) groups is 2. The molecule has 1 atom stereocenters. The summed E-state index contributed by atoms with van der Waals surface area (Å²) in [7, 11) is 1.62. The third-order valence-electron chi connectivity index (χ3n) is 2.56. The lowest BCUT2D eigenvalue weighted by Crippen LogP contribution is -2.30. The van der Waals surface area contributed by atoms with Crippen molar-refractivity contribution in [3.8, 4) is 5.75 Å². The molecule has 5 heteroatoms. The SMILES string of the molecule is CNC(=O)CCc1ccc(O[C@@H](C)C(N)=O)cc1. The third kappa shape index (κ3) is 4.45. The predicted octanol–water partition coefficient (Wildman–Crippen LogP) is 0.618. The third-order valence-corrected chi connectivity index (χ3v) is 2.56. The van der Waals surface area contributed by atoms with Crippen LogP contribution in [-0.4, -0.2) is 25.0 Å². The first kappa shape index (κ1) is 14.0.